The number of phenols is 1. The van der Waals surface area contributed by atoms with E-state index in [-0.39, 0.29) is 22.8 Å². The molecule has 0 amide bonds. The summed E-state index contributed by atoms with van der Waals surface area (Å²) >= 11 is 1.20. The van der Waals surface area contributed by atoms with Gasteiger partial charge in [-0.3, -0.25) is 4.79 Å². The third kappa shape index (κ3) is 2.92. The molecule has 0 spiro atoms. The molecule has 6 heteroatoms. The molecule has 1 N–H and O–H groups in total. The van der Waals surface area contributed by atoms with Crippen molar-refractivity contribution in [2.24, 2.45) is 0 Å². The smallest absolute Gasteiger partial charge is 0.257 e. The minimum atomic E-state index is -0.201. The number of hydrogen-bond donors (Lipinski definition) is 1. The Morgan fingerprint density at radius 3 is 2.86 bits per heavy atom. The molecule has 0 radical (unpaired) electrons. The van der Waals surface area contributed by atoms with Gasteiger partial charge < -0.3 is 14.3 Å². The number of fused-ring (bicyclic) bond motifs is 1. The van der Waals surface area contributed by atoms with Crippen molar-refractivity contribution in [3.63, 3.8) is 0 Å². The van der Waals surface area contributed by atoms with Gasteiger partial charge in [0, 0.05) is 6.07 Å². The molecule has 0 aliphatic carbocycles. The lowest BCUT2D eigenvalue weighted by Gasteiger charge is -2.05. The predicted octanol–water partition coefficient (Wildman–Crippen LogP) is 3.52. The lowest BCUT2D eigenvalue weighted by molar-refractivity contribution is 0.101. The third-order valence-electron chi connectivity index (χ3n) is 3.11. The first kappa shape index (κ1) is 14.5. The first-order chi connectivity index (χ1) is 10.7. The van der Waals surface area contributed by atoms with Gasteiger partial charge in [0.05, 0.1) is 18.4 Å². The van der Waals surface area contributed by atoms with Gasteiger partial charge in [0.15, 0.2) is 11.4 Å². The summed E-state index contributed by atoms with van der Waals surface area (Å²) in [5.41, 5.74) is 1.69. The maximum Gasteiger partial charge on any atom is 0.257 e. The molecule has 0 atom stereocenters. The largest absolute Gasteiger partial charge is 0.507 e. The Hall–Kier alpha value is -2.47. The lowest BCUT2D eigenvalue weighted by Crippen LogP contribution is -2.03. The van der Waals surface area contributed by atoms with E-state index in [2.05, 4.69) is 4.98 Å². The van der Waals surface area contributed by atoms with Crippen LogP contribution in [0, 0.1) is 0 Å². The second kappa shape index (κ2) is 6.11. The summed E-state index contributed by atoms with van der Waals surface area (Å²) in [6.07, 6.45) is 0. The maximum atomic E-state index is 12.2. The molecule has 3 aromatic rings. The number of hydrogen-bond acceptors (Lipinski definition) is 6. The summed E-state index contributed by atoms with van der Waals surface area (Å²) in [5.74, 6) is 0.336. The van der Waals surface area contributed by atoms with E-state index in [1.165, 1.54) is 24.9 Å². The number of methoxy groups -OCH3 is 1. The second-order valence-corrected chi connectivity index (χ2v) is 5.47. The summed E-state index contributed by atoms with van der Waals surface area (Å²) in [6, 6.07) is 12.0. The van der Waals surface area contributed by atoms with E-state index >= 15 is 0 Å². The molecule has 1 heterocycles. The van der Waals surface area contributed by atoms with Crippen LogP contribution in [0.3, 0.4) is 0 Å². The molecule has 0 saturated carbocycles. The first-order valence-corrected chi connectivity index (χ1v) is 7.54. The quantitative estimate of drug-likeness (QED) is 0.574. The van der Waals surface area contributed by atoms with Crippen molar-refractivity contribution in [2.75, 3.05) is 12.9 Å². The monoisotopic (exact) mass is 315 g/mol. The van der Waals surface area contributed by atoms with Crippen LogP contribution in [0.1, 0.15) is 10.4 Å². The van der Waals surface area contributed by atoms with Crippen LogP contribution in [0.4, 0.5) is 0 Å². The normalized spacial score (nSPS) is 10.8. The average Bonchev–Trinajstić information content (AvgIpc) is 2.95. The van der Waals surface area contributed by atoms with Gasteiger partial charge in [-0.1, -0.05) is 23.9 Å². The number of aromatic hydroxyl groups is 1. The molecule has 0 fully saturated rings. The fraction of sp³-hybridized carbons (Fsp3) is 0.125. The van der Waals surface area contributed by atoms with Crippen LogP contribution < -0.4 is 4.74 Å². The number of ketones is 1. The molecule has 1 aromatic heterocycles. The Kier molecular flexibility index (Phi) is 4.02. The Bertz CT molecular complexity index is 795. The number of ether oxygens (including phenoxy) is 1. The Balaban J connectivity index is 1.71. The fourth-order valence-corrected chi connectivity index (χ4v) is 2.71. The van der Waals surface area contributed by atoms with Gasteiger partial charge in [-0.25, -0.2) is 4.98 Å². The zero-order valence-electron chi connectivity index (χ0n) is 11.8. The number of rotatable bonds is 5. The van der Waals surface area contributed by atoms with Crippen molar-refractivity contribution in [3.05, 3.63) is 48.0 Å². The highest BCUT2D eigenvalue weighted by Gasteiger charge is 2.14. The van der Waals surface area contributed by atoms with E-state index < -0.39 is 0 Å². The second-order valence-electron chi connectivity index (χ2n) is 4.54. The van der Waals surface area contributed by atoms with Crippen molar-refractivity contribution in [1.82, 2.24) is 4.98 Å². The van der Waals surface area contributed by atoms with Crippen molar-refractivity contribution >= 4 is 28.6 Å². The number of carbonyl (C=O) groups excluding carboxylic acids is 1. The Labute approximate surface area is 130 Å². The van der Waals surface area contributed by atoms with Gasteiger partial charge in [-0.15, -0.1) is 0 Å². The van der Waals surface area contributed by atoms with Gasteiger partial charge >= 0.3 is 0 Å². The van der Waals surface area contributed by atoms with Crippen LogP contribution in [0.5, 0.6) is 11.5 Å². The summed E-state index contributed by atoms with van der Waals surface area (Å²) in [5, 5.41) is 10.3. The van der Waals surface area contributed by atoms with Gasteiger partial charge in [0.25, 0.3) is 5.22 Å². The summed E-state index contributed by atoms with van der Waals surface area (Å²) in [7, 11) is 1.50. The van der Waals surface area contributed by atoms with Crippen LogP contribution in [0.15, 0.2) is 52.1 Å². The Morgan fingerprint density at radius 2 is 2.14 bits per heavy atom. The molecule has 0 bridgehead atoms. The van der Waals surface area contributed by atoms with Crippen LogP contribution in [-0.2, 0) is 0 Å². The van der Waals surface area contributed by atoms with Crippen LogP contribution in [0.2, 0.25) is 0 Å². The fourth-order valence-electron chi connectivity index (χ4n) is 1.99. The van der Waals surface area contributed by atoms with Crippen LogP contribution in [0.25, 0.3) is 11.1 Å². The number of oxazole rings is 1. The zero-order valence-corrected chi connectivity index (χ0v) is 12.6. The van der Waals surface area contributed by atoms with Gasteiger partial charge in [-0.2, -0.15) is 0 Å². The minimum Gasteiger partial charge on any atom is -0.507 e. The van der Waals surface area contributed by atoms with E-state index in [0.717, 1.165) is 5.52 Å². The minimum absolute atomic E-state index is 0.0949. The van der Waals surface area contributed by atoms with E-state index in [9.17, 15) is 9.90 Å². The number of nitrogens with zero attached hydrogens (tertiary/aromatic N) is 1. The van der Waals surface area contributed by atoms with Gasteiger partial charge in [0.2, 0.25) is 0 Å². The van der Waals surface area contributed by atoms with Crippen LogP contribution >= 0.6 is 11.8 Å². The SMILES string of the molecule is COc1ccc(C(=O)CSc2nc3ccccc3o2)c(O)c1. The number of benzene rings is 2. The van der Waals surface area contributed by atoms with Crippen molar-refractivity contribution < 1.29 is 19.1 Å². The topological polar surface area (TPSA) is 72.6 Å². The van der Waals surface area contributed by atoms with E-state index in [1.54, 1.807) is 12.1 Å². The lowest BCUT2D eigenvalue weighted by atomic mass is 10.1. The van der Waals surface area contributed by atoms with E-state index in [1.807, 2.05) is 24.3 Å². The first-order valence-electron chi connectivity index (χ1n) is 6.56. The Morgan fingerprint density at radius 1 is 1.32 bits per heavy atom. The number of phenolic OH excluding ortho intramolecular Hbond substituents is 1. The molecule has 0 aliphatic heterocycles. The highest BCUT2D eigenvalue weighted by atomic mass is 32.2. The molecule has 0 aliphatic rings. The highest BCUT2D eigenvalue weighted by Crippen LogP contribution is 2.27. The molecule has 22 heavy (non-hydrogen) atoms. The molecule has 0 unspecified atom stereocenters. The summed E-state index contributed by atoms with van der Waals surface area (Å²) < 4.78 is 10.5. The van der Waals surface area contributed by atoms with E-state index in [0.29, 0.717) is 16.6 Å². The van der Waals surface area contributed by atoms with Crippen molar-refractivity contribution in [3.8, 4) is 11.5 Å². The number of thioether (sulfide) groups is 1. The number of carbonyl (C=O) groups is 1. The van der Waals surface area contributed by atoms with Gasteiger partial charge in [-0.05, 0) is 24.3 Å². The molecule has 3 rings (SSSR count). The summed E-state index contributed by atoms with van der Waals surface area (Å²) in [6.45, 7) is 0. The van der Waals surface area contributed by atoms with E-state index in [4.69, 9.17) is 9.15 Å². The molecule has 0 saturated heterocycles. The van der Waals surface area contributed by atoms with Crippen molar-refractivity contribution in [1.29, 1.82) is 0 Å². The van der Waals surface area contributed by atoms with Gasteiger partial charge in [0.1, 0.15) is 17.0 Å². The van der Waals surface area contributed by atoms with Crippen LogP contribution in [-0.4, -0.2) is 28.7 Å². The van der Waals surface area contributed by atoms with Crippen molar-refractivity contribution in [2.45, 2.75) is 5.22 Å². The number of Topliss-reactive ketones (excluding diaryl/α,β-unsaturated/α-hetero) is 1. The molecule has 2 aromatic carbocycles. The molecule has 5 nitrogen and oxygen atoms in total. The maximum absolute atomic E-state index is 12.2. The molecule has 112 valence electrons. The standard InChI is InChI=1S/C16H13NO4S/c1-20-10-6-7-11(13(18)8-10)14(19)9-22-16-17-12-4-2-3-5-15(12)21-16/h2-8,18H,9H2,1H3. The molecular formula is C16H13NO4S. The average molecular weight is 315 g/mol. The highest BCUT2D eigenvalue weighted by molar-refractivity contribution is 7.99. The number of para-hydroxylation sites is 2. The zero-order chi connectivity index (χ0) is 15.5. The predicted molar refractivity (Wildman–Crippen MR) is 83.7 cm³/mol. The third-order valence-corrected chi connectivity index (χ3v) is 3.93. The molecular weight excluding hydrogens is 302 g/mol. The summed E-state index contributed by atoms with van der Waals surface area (Å²) in [4.78, 5) is 16.5. The number of aromatic nitrogens is 1.